The van der Waals surface area contributed by atoms with Crippen LogP contribution >= 0.6 is 11.6 Å². The molecule has 0 saturated carbocycles. The second-order valence-corrected chi connectivity index (χ2v) is 3.81. The lowest BCUT2D eigenvalue weighted by molar-refractivity contribution is 0.652. The van der Waals surface area contributed by atoms with E-state index in [0.29, 0.717) is 12.2 Å². The first kappa shape index (κ1) is 12.8. The van der Waals surface area contributed by atoms with Crippen molar-refractivity contribution < 1.29 is 0 Å². The van der Waals surface area contributed by atoms with Crippen molar-refractivity contribution in [3.05, 3.63) is 34.2 Å². The molecule has 0 aliphatic rings. The fourth-order valence-electron chi connectivity index (χ4n) is 1.24. The summed E-state index contributed by atoms with van der Waals surface area (Å²) in [6.45, 7) is 6.82. The van der Waals surface area contributed by atoms with E-state index in [2.05, 4.69) is 23.9 Å². The van der Waals surface area contributed by atoms with E-state index in [4.69, 9.17) is 11.6 Å². The zero-order valence-electron chi connectivity index (χ0n) is 9.37. The largest absolute Gasteiger partial charge is 0.382 e. The van der Waals surface area contributed by atoms with Gasteiger partial charge in [-0.25, -0.2) is 4.68 Å². The minimum Gasteiger partial charge on any atom is -0.382 e. The van der Waals surface area contributed by atoms with Crippen LogP contribution in [0.15, 0.2) is 23.6 Å². The lowest BCUT2D eigenvalue weighted by atomic mass is 10.3. The Kier molecular flexibility index (Phi) is 5.05. The van der Waals surface area contributed by atoms with Gasteiger partial charge >= 0.3 is 0 Å². The van der Waals surface area contributed by atoms with E-state index in [1.54, 1.807) is 12.3 Å². The molecule has 1 N–H and O–H groups in total. The Bertz CT molecular complexity index is 414. The molecule has 1 rings (SSSR count). The molecule has 0 radical (unpaired) electrons. The third-order valence-corrected chi connectivity index (χ3v) is 2.50. The van der Waals surface area contributed by atoms with Crippen molar-refractivity contribution in [1.82, 2.24) is 9.78 Å². The maximum atomic E-state index is 11.7. The number of unbranched alkanes of at least 4 members (excludes halogenated alkanes) is 1. The van der Waals surface area contributed by atoms with E-state index >= 15 is 0 Å². The van der Waals surface area contributed by atoms with E-state index in [-0.39, 0.29) is 10.6 Å². The van der Waals surface area contributed by atoms with Crippen molar-refractivity contribution in [2.75, 3.05) is 11.9 Å². The summed E-state index contributed by atoms with van der Waals surface area (Å²) < 4.78 is 1.28. The molecule has 88 valence electrons. The first-order chi connectivity index (χ1) is 7.70. The second kappa shape index (κ2) is 6.33. The van der Waals surface area contributed by atoms with Crippen LogP contribution in [0.3, 0.4) is 0 Å². The Morgan fingerprint density at radius 2 is 2.44 bits per heavy atom. The number of hydrogen-bond donors (Lipinski definition) is 1. The first-order valence-electron chi connectivity index (χ1n) is 5.31. The summed E-state index contributed by atoms with van der Waals surface area (Å²) in [6, 6.07) is 0. The molecule has 0 aliphatic carbocycles. The van der Waals surface area contributed by atoms with Crippen LogP contribution in [0.2, 0.25) is 5.02 Å². The Morgan fingerprint density at radius 3 is 3.06 bits per heavy atom. The maximum absolute atomic E-state index is 11.7. The number of aromatic nitrogens is 2. The molecule has 0 spiro atoms. The molecule has 1 aromatic heterocycles. The van der Waals surface area contributed by atoms with Crippen LogP contribution < -0.4 is 10.9 Å². The topological polar surface area (TPSA) is 46.9 Å². The number of nitrogens with one attached hydrogen (secondary N) is 1. The van der Waals surface area contributed by atoms with Gasteiger partial charge in [-0.3, -0.25) is 4.79 Å². The van der Waals surface area contributed by atoms with Gasteiger partial charge in [-0.15, -0.1) is 6.58 Å². The first-order valence-corrected chi connectivity index (χ1v) is 5.68. The number of rotatable bonds is 6. The zero-order valence-corrected chi connectivity index (χ0v) is 10.1. The van der Waals surface area contributed by atoms with Crippen molar-refractivity contribution >= 4 is 17.3 Å². The molecule has 0 bridgehead atoms. The summed E-state index contributed by atoms with van der Waals surface area (Å²) in [4.78, 5) is 11.7. The average molecular weight is 242 g/mol. The predicted octanol–water partition coefficient (Wildman–Crippen LogP) is 2.29. The van der Waals surface area contributed by atoms with Crippen LogP contribution in [0.1, 0.15) is 19.8 Å². The molecule has 0 amide bonds. The van der Waals surface area contributed by atoms with Crippen molar-refractivity contribution in [2.24, 2.45) is 0 Å². The zero-order chi connectivity index (χ0) is 12.0. The molecule has 5 heteroatoms. The minimum absolute atomic E-state index is 0.188. The van der Waals surface area contributed by atoms with E-state index in [9.17, 15) is 4.79 Å². The SMILES string of the molecule is C=CCn1ncc(NCCCC)c(Cl)c1=O. The smallest absolute Gasteiger partial charge is 0.287 e. The molecule has 0 saturated heterocycles. The van der Waals surface area contributed by atoms with Gasteiger partial charge in [0.25, 0.3) is 5.56 Å². The van der Waals surface area contributed by atoms with Crippen molar-refractivity contribution in [3.8, 4) is 0 Å². The van der Waals surface area contributed by atoms with Crippen LogP contribution in [0.4, 0.5) is 5.69 Å². The van der Waals surface area contributed by atoms with Crippen LogP contribution in [-0.2, 0) is 6.54 Å². The summed E-state index contributed by atoms with van der Waals surface area (Å²) in [6.07, 6.45) is 5.30. The second-order valence-electron chi connectivity index (χ2n) is 3.43. The quantitative estimate of drug-likeness (QED) is 0.614. The molecule has 1 heterocycles. The molecule has 1 aromatic rings. The predicted molar refractivity (Wildman–Crippen MR) is 67.1 cm³/mol. The Labute approximate surface area is 99.9 Å². The molecule has 0 aliphatic heterocycles. The molecular weight excluding hydrogens is 226 g/mol. The van der Waals surface area contributed by atoms with Gasteiger partial charge in [0.15, 0.2) is 0 Å². The van der Waals surface area contributed by atoms with Gasteiger partial charge in [0, 0.05) is 6.54 Å². The number of allylic oxidation sites excluding steroid dienone is 1. The molecule has 0 fully saturated rings. The Hall–Kier alpha value is -1.29. The molecule has 16 heavy (non-hydrogen) atoms. The number of hydrogen-bond acceptors (Lipinski definition) is 3. The standard InChI is InChI=1S/C11H16ClN3O/c1-3-5-6-13-9-8-14-15(7-4-2)11(16)10(9)12/h4,8,13H,2-3,5-7H2,1H3. The number of anilines is 1. The van der Waals surface area contributed by atoms with Crippen LogP contribution in [-0.4, -0.2) is 16.3 Å². The summed E-state index contributed by atoms with van der Waals surface area (Å²) in [5.74, 6) is 0. The van der Waals surface area contributed by atoms with Crippen molar-refractivity contribution in [2.45, 2.75) is 26.3 Å². The van der Waals surface area contributed by atoms with Crippen molar-refractivity contribution in [3.63, 3.8) is 0 Å². The highest BCUT2D eigenvalue weighted by Gasteiger charge is 2.07. The van der Waals surface area contributed by atoms with Gasteiger partial charge in [-0.1, -0.05) is 31.0 Å². The molecular formula is C11H16ClN3O. The normalized spacial score (nSPS) is 10.1. The third-order valence-electron chi connectivity index (χ3n) is 2.13. The van der Waals surface area contributed by atoms with Crippen LogP contribution in [0.5, 0.6) is 0 Å². The van der Waals surface area contributed by atoms with Crippen LogP contribution in [0, 0.1) is 0 Å². The monoisotopic (exact) mass is 241 g/mol. The van der Waals surface area contributed by atoms with Gasteiger partial charge < -0.3 is 5.32 Å². The molecule has 0 atom stereocenters. The van der Waals surface area contributed by atoms with E-state index in [1.165, 1.54) is 4.68 Å². The maximum Gasteiger partial charge on any atom is 0.287 e. The van der Waals surface area contributed by atoms with Gasteiger partial charge in [0.1, 0.15) is 5.02 Å². The van der Waals surface area contributed by atoms with E-state index in [1.807, 2.05) is 0 Å². The van der Waals surface area contributed by atoms with Crippen molar-refractivity contribution in [1.29, 1.82) is 0 Å². The third kappa shape index (κ3) is 3.10. The summed E-state index contributed by atoms with van der Waals surface area (Å²) in [5.41, 5.74) is 0.309. The fourth-order valence-corrected chi connectivity index (χ4v) is 1.45. The fraction of sp³-hybridized carbons (Fsp3) is 0.455. The number of nitrogens with zero attached hydrogens (tertiary/aromatic N) is 2. The van der Waals surface area contributed by atoms with Crippen LogP contribution in [0.25, 0.3) is 0 Å². The Balaban J connectivity index is 2.85. The highest BCUT2D eigenvalue weighted by Crippen LogP contribution is 2.14. The molecule has 0 unspecified atom stereocenters. The van der Waals surface area contributed by atoms with E-state index in [0.717, 1.165) is 19.4 Å². The van der Waals surface area contributed by atoms with Gasteiger partial charge in [0.05, 0.1) is 18.4 Å². The lowest BCUT2D eigenvalue weighted by Gasteiger charge is -2.08. The summed E-state index contributed by atoms with van der Waals surface area (Å²) >= 11 is 5.94. The van der Waals surface area contributed by atoms with Gasteiger partial charge in [-0.2, -0.15) is 5.10 Å². The molecule has 0 aromatic carbocycles. The summed E-state index contributed by atoms with van der Waals surface area (Å²) in [7, 11) is 0. The molecule has 4 nitrogen and oxygen atoms in total. The highest BCUT2D eigenvalue weighted by atomic mass is 35.5. The summed E-state index contributed by atoms with van der Waals surface area (Å²) in [5, 5.41) is 7.27. The highest BCUT2D eigenvalue weighted by molar-refractivity contribution is 6.32. The van der Waals surface area contributed by atoms with Gasteiger partial charge in [-0.05, 0) is 6.42 Å². The average Bonchev–Trinajstić information content (AvgIpc) is 2.28. The Morgan fingerprint density at radius 1 is 1.69 bits per heavy atom. The number of halogens is 1. The minimum atomic E-state index is -0.289. The van der Waals surface area contributed by atoms with E-state index < -0.39 is 0 Å². The van der Waals surface area contributed by atoms with Gasteiger partial charge in [0.2, 0.25) is 0 Å². The lowest BCUT2D eigenvalue weighted by Crippen LogP contribution is -2.23.